The van der Waals surface area contributed by atoms with Crippen LogP contribution in [0.3, 0.4) is 0 Å². The zero-order chi connectivity index (χ0) is 16.8. The predicted molar refractivity (Wildman–Crippen MR) is 94.9 cm³/mol. The number of hydrogen-bond acceptors (Lipinski definition) is 4. The van der Waals surface area contributed by atoms with Crippen molar-refractivity contribution in [2.45, 2.75) is 19.6 Å². The molecule has 0 bridgehead atoms. The zero-order valence-corrected chi connectivity index (χ0v) is 14.1. The molecule has 1 N–H and O–H groups in total. The Hall–Kier alpha value is -2.66. The summed E-state index contributed by atoms with van der Waals surface area (Å²) in [6.45, 7) is 2.18. The summed E-state index contributed by atoms with van der Waals surface area (Å²) in [5, 5.41) is 5.74. The SMILES string of the molecule is Cc1csc(C(NC(=O)OCc2ccccc2)c2ccccc2)n1. The maximum Gasteiger partial charge on any atom is 0.408 e. The van der Waals surface area contributed by atoms with Gasteiger partial charge in [0.25, 0.3) is 0 Å². The molecule has 3 aromatic rings. The largest absolute Gasteiger partial charge is 0.445 e. The number of nitrogens with zero attached hydrogens (tertiary/aromatic N) is 1. The minimum atomic E-state index is -0.458. The third-order valence-corrected chi connectivity index (χ3v) is 4.52. The molecule has 1 heterocycles. The van der Waals surface area contributed by atoms with Crippen molar-refractivity contribution in [3.05, 3.63) is 87.9 Å². The molecular weight excluding hydrogens is 320 g/mol. The van der Waals surface area contributed by atoms with E-state index in [0.717, 1.165) is 21.8 Å². The van der Waals surface area contributed by atoms with Gasteiger partial charge in [-0.05, 0) is 18.1 Å². The van der Waals surface area contributed by atoms with Crippen LogP contribution in [0.4, 0.5) is 4.79 Å². The average molecular weight is 338 g/mol. The van der Waals surface area contributed by atoms with Crippen LogP contribution in [0.5, 0.6) is 0 Å². The van der Waals surface area contributed by atoms with Crippen molar-refractivity contribution in [2.75, 3.05) is 0 Å². The molecule has 0 saturated carbocycles. The lowest BCUT2D eigenvalue weighted by molar-refractivity contribution is 0.137. The Bertz CT molecular complexity index is 787. The summed E-state index contributed by atoms with van der Waals surface area (Å²) in [4.78, 5) is 16.7. The normalized spacial score (nSPS) is 11.7. The van der Waals surface area contributed by atoms with Gasteiger partial charge in [0.2, 0.25) is 0 Å². The van der Waals surface area contributed by atoms with Crippen molar-refractivity contribution in [3.8, 4) is 0 Å². The number of rotatable bonds is 5. The Labute approximate surface area is 145 Å². The van der Waals surface area contributed by atoms with Gasteiger partial charge in [-0.2, -0.15) is 0 Å². The number of benzene rings is 2. The number of hydrogen-bond donors (Lipinski definition) is 1. The number of nitrogens with one attached hydrogen (secondary N) is 1. The first kappa shape index (κ1) is 16.2. The zero-order valence-electron chi connectivity index (χ0n) is 13.3. The van der Waals surface area contributed by atoms with Crippen LogP contribution in [0.15, 0.2) is 66.0 Å². The molecule has 1 amide bonds. The van der Waals surface area contributed by atoms with Gasteiger partial charge in [0.05, 0.1) is 0 Å². The highest BCUT2D eigenvalue weighted by molar-refractivity contribution is 7.09. The first-order valence-electron chi connectivity index (χ1n) is 7.66. The molecule has 1 aromatic heterocycles. The second-order valence-electron chi connectivity index (χ2n) is 5.38. The fraction of sp³-hybridized carbons (Fsp3) is 0.158. The smallest absolute Gasteiger partial charge is 0.408 e. The van der Waals surface area contributed by atoms with Crippen molar-refractivity contribution in [1.29, 1.82) is 0 Å². The topological polar surface area (TPSA) is 51.2 Å². The van der Waals surface area contributed by atoms with E-state index in [1.165, 1.54) is 11.3 Å². The molecule has 0 aliphatic heterocycles. The van der Waals surface area contributed by atoms with E-state index in [2.05, 4.69) is 10.3 Å². The Morgan fingerprint density at radius 2 is 1.79 bits per heavy atom. The van der Waals surface area contributed by atoms with Crippen LogP contribution in [0.1, 0.15) is 27.9 Å². The lowest BCUT2D eigenvalue weighted by Crippen LogP contribution is -2.29. The molecule has 1 unspecified atom stereocenters. The van der Waals surface area contributed by atoms with Crippen LogP contribution < -0.4 is 5.32 Å². The van der Waals surface area contributed by atoms with Crippen molar-refractivity contribution in [3.63, 3.8) is 0 Å². The van der Waals surface area contributed by atoms with E-state index >= 15 is 0 Å². The van der Waals surface area contributed by atoms with Gasteiger partial charge in [0.1, 0.15) is 17.7 Å². The Morgan fingerprint density at radius 1 is 1.12 bits per heavy atom. The van der Waals surface area contributed by atoms with Crippen molar-refractivity contribution >= 4 is 17.4 Å². The maximum atomic E-state index is 12.2. The summed E-state index contributed by atoms with van der Waals surface area (Å²) >= 11 is 1.53. The van der Waals surface area contributed by atoms with Gasteiger partial charge in [0.15, 0.2) is 0 Å². The number of aromatic nitrogens is 1. The summed E-state index contributed by atoms with van der Waals surface area (Å²) in [5.41, 5.74) is 2.87. The molecule has 122 valence electrons. The fourth-order valence-corrected chi connectivity index (χ4v) is 3.19. The second kappa shape index (κ2) is 7.75. The van der Waals surface area contributed by atoms with Crippen LogP contribution in [0, 0.1) is 6.92 Å². The molecular formula is C19H18N2O2S. The quantitative estimate of drug-likeness (QED) is 0.747. The summed E-state index contributed by atoms with van der Waals surface area (Å²) in [6, 6.07) is 19.1. The molecule has 4 nitrogen and oxygen atoms in total. The van der Waals surface area contributed by atoms with E-state index in [9.17, 15) is 4.79 Å². The molecule has 0 spiro atoms. The van der Waals surface area contributed by atoms with E-state index in [-0.39, 0.29) is 12.6 Å². The van der Waals surface area contributed by atoms with E-state index in [1.807, 2.05) is 73.0 Å². The van der Waals surface area contributed by atoms with Gasteiger partial charge in [-0.1, -0.05) is 60.7 Å². The van der Waals surface area contributed by atoms with Crippen LogP contribution in [0.2, 0.25) is 0 Å². The van der Waals surface area contributed by atoms with Crippen LogP contribution in [0.25, 0.3) is 0 Å². The van der Waals surface area contributed by atoms with Gasteiger partial charge in [-0.3, -0.25) is 0 Å². The average Bonchev–Trinajstić information content (AvgIpc) is 3.05. The van der Waals surface area contributed by atoms with Crippen LogP contribution in [-0.2, 0) is 11.3 Å². The number of aryl methyl sites for hydroxylation is 1. The number of ether oxygens (including phenoxy) is 1. The number of amides is 1. The minimum absolute atomic E-state index is 0.241. The molecule has 1 atom stereocenters. The monoisotopic (exact) mass is 338 g/mol. The maximum absolute atomic E-state index is 12.2. The lowest BCUT2D eigenvalue weighted by atomic mass is 10.1. The Morgan fingerprint density at radius 3 is 2.42 bits per heavy atom. The first-order chi connectivity index (χ1) is 11.7. The summed E-state index contributed by atoms with van der Waals surface area (Å²) in [6.07, 6.45) is -0.458. The summed E-state index contributed by atoms with van der Waals surface area (Å²) in [5.74, 6) is 0. The highest BCUT2D eigenvalue weighted by Crippen LogP contribution is 2.25. The molecule has 0 aliphatic carbocycles. The van der Waals surface area contributed by atoms with E-state index in [1.54, 1.807) is 0 Å². The molecule has 0 fully saturated rings. The number of carbonyl (C=O) groups is 1. The first-order valence-corrected chi connectivity index (χ1v) is 8.54. The Kier molecular flexibility index (Phi) is 5.23. The molecule has 0 radical (unpaired) electrons. The van der Waals surface area contributed by atoms with E-state index in [0.29, 0.717) is 0 Å². The highest BCUT2D eigenvalue weighted by Gasteiger charge is 2.20. The van der Waals surface area contributed by atoms with Crippen molar-refractivity contribution in [2.24, 2.45) is 0 Å². The number of alkyl carbamates (subject to hydrolysis) is 1. The van der Waals surface area contributed by atoms with Crippen LogP contribution >= 0.6 is 11.3 Å². The number of thiazole rings is 1. The molecule has 0 aliphatic rings. The van der Waals surface area contributed by atoms with Gasteiger partial charge < -0.3 is 10.1 Å². The standard InChI is InChI=1S/C19H18N2O2S/c1-14-13-24-18(20-14)17(16-10-6-3-7-11-16)21-19(22)23-12-15-8-4-2-5-9-15/h2-11,13,17H,12H2,1H3,(H,21,22). The Balaban J connectivity index is 1.71. The van der Waals surface area contributed by atoms with Gasteiger partial charge in [-0.25, -0.2) is 9.78 Å². The van der Waals surface area contributed by atoms with Gasteiger partial charge >= 0.3 is 6.09 Å². The second-order valence-corrected chi connectivity index (χ2v) is 6.27. The van der Waals surface area contributed by atoms with E-state index in [4.69, 9.17) is 4.74 Å². The molecule has 3 rings (SSSR count). The van der Waals surface area contributed by atoms with E-state index < -0.39 is 6.09 Å². The van der Waals surface area contributed by atoms with Crippen molar-refractivity contribution in [1.82, 2.24) is 10.3 Å². The molecule has 5 heteroatoms. The summed E-state index contributed by atoms with van der Waals surface area (Å²) in [7, 11) is 0. The minimum Gasteiger partial charge on any atom is -0.445 e. The van der Waals surface area contributed by atoms with Gasteiger partial charge in [0, 0.05) is 11.1 Å². The lowest BCUT2D eigenvalue weighted by Gasteiger charge is -2.17. The highest BCUT2D eigenvalue weighted by atomic mass is 32.1. The summed E-state index contributed by atoms with van der Waals surface area (Å²) < 4.78 is 5.34. The molecule has 2 aromatic carbocycles. The predicted octanol–water partition coefficient (Wildman–Crippen LogP) is 4.47. The third kappa shape index (κ3) is 4.20. The third-order valence-electron chi connectivity index (χ3n) is 3.49. The van der Waals surface area contributed by atoms with Gasteiger partial charge in [-0.15, -0.1) is 11.3 Å². The molecule has 24 heavy (non-hydrogen) atoms. The van der Waals surface area contributed by atoms with Crippen molar-refractivity contribution < 1.29 is 9.53 Å². The number of carbonyl (C=O) groups excluding carboxylic acids is 1. The van der Waals surface area contributed by atoms with Crippen LogP contribution in [-0.4, -0.2) is 11.1 Å². The molecule has 0 saturated heterocycles. The fourth-order valence-electron chi connectivity index (χ4n) is 2.32.